The lowest BCUT2D eigenvalue weighted by Crippen LogP contribution is -2.51. The van der Waals surface area contributed by atoms with Crippen molar-refractivity contribution < 1.29 is 27.1 Å². The number of halogens is 3. The molecule has 40 heavy (non-hydrogen) atoms. The smallest absolute Gasteiger partial charge is 0.264 e. The molecule has 0 saturated heterocycles. The fraction of sp³-hybridized carbons (Fsp3) is 0.286. The van der Waals surface area contributed by atoms with Crippen LogP contribution in [0.4, 0.5) is 10.1 Å². The summed E-state index contributed by atoms with van der Waals surface area (Å²) in [6, 6.07) is 14.4. The molecular formula is C28H30Cl2FN3O5S. The zero-order valence-electron chi connectivity index (χ0n) is 22.2. The molecule has 12 heteroatoms. The van der Waals surface area contributed by atoms with Gasteiger partial charge in [-0.15, -0.1) is 0 Å². The number of sulfonamides is 1. The second-order valence-corrected chi connectivity index (χ2v) is 11.4. The third-order valence-electron chi connectivity index (χ3n) is 6.09. The monoisotopic (exact) mass is 609 g/mol. The lowest BCUT2D eigenvalue weighted by atomic mass is 10.1. The first kappa shape index (κ1) is 31.2. The summed E-state index contributed by atoms with van der Waals surface area (Å²) in [7, 11) is -2.87. The van der Waals surface area contributed by atoms with E-state index in [1.807, 2.05) is 6.92 Å². The number of carbonyl (C=O) groups is 2. The van der Waals surface area contributed by atoms with E-state index in [0.717, 1.165) is 28.6 Å². The van der Waals surface area contributed by atoms with E-state index in [0.29, 0.717) is 22.9 Å². The van der Waals surface area contributed by atoms with Crippen molar-refractivity contribution >= 4 is 50.7 Å². The lowest BCUT2D eigenvalue weighted by Gasteiger charge is -2.33. The molecule has 0 heterocycles. The molecule has 0 unspecified atom stereocenters. The van der Waals surface area contributed by atoms with Crippen LogP contribution in [0.5, 0.6) is 5.75 Å². The Bertz CT molecular complexity index is 1440. The molecule has 0 aliphatic carbocycles. The molecule has 1 atom stereocenters. The van der Waals surface area contributed by atoms with Crippen LogP contribution in [0, 0.1) is 5.82 Å². The Hall–Kier alpha value is -3.34. The van der Waals surface area contributed by atoms with E-state index in [1.165, 1.54) is 24.1 Å². The Labute approximate surface area is 243 Å². The van der Waals surface area contributed by atoms with E-state index in [9.17, 15) is 22.4 Å². The highest BCUT2D eigenvalue weighted by molar-refractivity contribution is 7.92. The van der Waals surface area contributed by atoms with Gasteiger partial charge in [-0.25, -0.2) is 12.8 Å². The summed E-state index contributed by atoms with van der Waals surface area (Å²) in [5.74, 6) is -1.14. The average molecular weight is 611 g/mol. The molecule has 0 aliphatic heterocycles. The first-order chi connectivity index (χ1) is 19.0. The minimum absolute atomic E-state index is 0.0324. The Morgan fingerprint density at radius 3 is 2.17 bits per heavy atom. The Balaban J connectivity index is 2.06. The summed E-state index contributed by atoms with van der Waals surface area (Å²) < 4.78 is 47.5. The molecule has 3 aromatic rings. The number of likely N-dealkylation sites (N-methyl/N-ethyl adjacent to an activating group) is 1. The molecule has 0 aliphatic rings. The topological polar surface area (TPSA) is 96.0 Å². The zero-order chi connectivity index (χ0) is 29.4. The lowest BCUT2D eigenvalue weighted by molar-refractivity contribution is -0.140. The second-order valence-electron chi connectivity index (χ2n) is 8.70. The van der Waals surface area contributed by atoms with Gasteiger partial charge < -0.3 is 15.0 Å². The van der Waals surface area contributed by atoms with Gasteiger partial charge in [-0.2, -0.15) is 0 Å². The third-order valence-corrected chi connectivity index (χ3v) is 8.61. The van der Waals surface area contributed by atoms with Crippen molar-refractivity contribution in [3.8, 4) is 5.75 Å². The molecule has 8 nitrogen and oxygen atoms in total. The Morgan fingerprint density at radius 2 is 1.62 bits per heavy atom. The van der Waals surface area contributed by atoms with Gasteiger partial charge in [0.05, 0.1) is 27.2 Å². The molecule has 1 N–H and O–H groups in total. The highest BCUT2D eigenvalue weighted by atomic mass is 35.5. The quantitative estimate of drug-likeness (QED) is 0.301. The second kappa shape index (κ2) is 13.8. The fourth-order valence-corrected chi connectivity index (χ4v) is 5.79. The number of carbonyl (C=O) groups excluding carboxylic acids is 2. The van der Waals surface area contributed by atoms with Crippen LogP contribution in [-0.2, 0) is 26.2 Å². The first-order valence-electron chi connectivity index (χ1n) is 12.5. The van der Waals surface area contributed by atoms with E-state index >= 15 is 0 Å². The molecule has 0 fully saturated rings. The summed E-state index contributed by atoms with van der Waals surface area (Å²) in [5, 5.41) is 3.16. The van der Waals surface area contributed by atoms with Gasteiger partial charge in [0.25, 0.3) is 10.0 Å². The average Bonchev–Trinajstić information content (AvgIpc) is 2.94. The zero-order valence-corrected chi connectivity index (χ0v) is 24.6. The van der Waals surface area contributed by atoms with Crippen LogP contribution in [0.25, 0.3) is 0 Å². The molecule has 0 saturated carbocycles. The minimum atomic E-state index is -4.33. The van der Waals surface area contributed by atoms with Crippen LogP contribution < -0.4 is 14.4 Å². The van der Waals surface area contributed by atoms with Gasteiger partial charge in [-0.1, -0.05) is 36.2 Å². The van der Waals surface area contributed by atoms with Crippen LogP contribution in [0.2, 0.25) is 10.0 Å². The normalized spacial score (nSPS) is 11.9. The first-order valence-corrected chi connectivity index (χ1v) is 14.7. The van der Waals surface area contributed by atoms with E-state index in [1.54, 1.807) is 37.3 Å². The number of ether oxygens (including phenoxy) is 1. The molecular weight excluding hydrogens is 580 g/mol. The highest BCUT2D eigenvalue weighted by Crippen LogP contribution is 2.28. The van der Waals surface area contributed by atoms with Crippen molar-refractivity contribution in [3.05, 3.63) is 88.2 Å². The standard InChI is InChI=1S/C28H30Cl2FN3O5S/c1-4-26(28(36)32-3)33(17-19-6-15-24(29)25(30)16-19)27(35)18-34(21-9-11-22(12-10-21)39-5-2)40(37,38)23-13-7-20(31)8-14-23/h6-16,26H,4-5,17-18H2,1-3H3,(H,32,36)/t26-/m0/s1. The summed E-state index contributed by atoms with van der Waals surface area (Å²) in [6.45, 7) is 3.31. The van der Waals surface area contributed by atoms with E-state index in [-0.39, 0.29) is 28.6 Å². The van der Waals surface area contributed by atoms with Gasteiger partial charge in [-0.05, 0) is 79.6 Å². The highest BCUT2D eigenvalue weighted by Gasteiger charge is 2.33. The summed E-state index contributed by atoms with van der Waals surface area (Å²) >= 11 is 12.2. The molecule has 0 radical (unpaired) electrons. The van der Waals surface area contributed by atoms with E-state index in [4.69, 9.17) is 27.9 Å². The van der Waals surface area contributed by atoms with Gasteiger partial charge >= 0.3 is 0 Å². The van der Waals surface area contributed by atoms with E-state index in [2.05, 4.69) is 5.32 Å². The fourth-order valence-electron chi connectivity index (χ4n) is 4.06. The summed E-state index contributed by atoms with van der Waals surface area (Å²) in [4.78, 5) is 27.8. The van der Waals surface area contributed by atoms with Crippen LogP contribution in [0.3, 0.4) is 0 Å². The molecule has 0 bridgehead atoms. The van der Waals surface area contributed by atoms with Crippen molar-refractivity contribution in [2.45, 2.75) is 37.8 Å². The number of hydrogen-bond acceptors (Lipinski definition) is 5. The summed E-state index contributed by atoms with van der Waals surface area (Å²) in [6.07, 6.45) is 0.264. The number of rotatable bonds is 12. The maximum atomic E-state index is 13.9. The van der Waals surface area contributed by atoms with E-state index < -0.39 is 40.2 Å². The van der Waals surface area contributed by atoms with Crippen molar-refractivity contribution in [1.29, 1.82) is 0 Å². The number of nitrogens with zero attached hydrogens (tertiary/aromatic N) is 2. The minimum Gasteiger partial charge on any atom is -0.494 e. The van der Waals surface area contributed by atoms with Crippen molar-refractivity contribution in [2.24, 2.45) is 0 Å². The van der Waals surface area contributed by atoms with Crippen LogP contribution in [0.15, 0.2) is 71.6 Å². The van der Waals surface area contributed by atoms with Gasteiger partial charge in [0, 0.05) is 13.6 Å². The molecule has 0 spiro atoms. The number of hydrogen-bond donors (Lipinski definition) is 1. The predicted octanol–water partition coefficient (Wildman–Crippen LogP) is 5.28. The number of nitrogens with one attached hydrogen (secondary N) is 1. The van der Waals surface area contributed by atoms with Crippen LogP contribution >= 0.6 is 23.2 Å². The molecule has 3 rings (SSSR count). The maximum absolute atomic E-state index is 13.9. The van der Waals surface area contributed by atoms with Crippen LogP contribution in [-0.4, -0.2) is 51.4 Å². The number of anilines is 1. The van der Waals surface area contributed by atoms with Crippen molar-refractivity contribution in [1.82, 2.24) is 10.2 Å². The third kappa shape index (κ3) is 7.44. The van der Waals surface area contributed by atoms with Gasteiger partial charge in [0.1, 0.15) is 24.2 Å². The number of benzene rings is 3. The molecule has 214 valence electrons. The SMILES string of the molecule is CCOc1ccc(N(CC(=O)N(Cc2ccc(Cl)c(Cl)c2)[C@@H](CC)C(=O)NC)S(=O)(=O)c2ccc(F)cc2)cc1. The maximum Gasteiger partial charge on any atom is 0.264 e. The van der Waals surface area contributed by atoms with Gasteiger partial charge in [-0.3, -0.25) is 13.9 Å². The number of amides is 2. The van der Waals surface area contributed by atoms with Gasteiger partial charge in [0.2, 0.25) is 11.8 Å². The van der Waals surface area contributed by atoms with Crippen LogP contribution in [0.1, 0.15) is 25.8 Å². The molecule has 0 aromatic heterocycles. The Kier molecular flexibility index (Phi) is 10.8. The Morgan fingerprint density at radius 1 is 0.975 bits per heavy atom. The van der Waals surface area contributed by atoms with Crippen molar-refractivity contribution in [2.75, 3.05) is 24.5 Å². The molecule has 2 amide bonds. The predicted molar refractivity (Wildman–Crippen MR) is 154 cm³/mol. The largest absolute Gasteiger partial charge is 0.494 e. The molecule has 3 aromatic carbocycles. The van der Waals surface area contributed by atoms with Crippen molar-refractivity contribution in [3.63, 3.8) is 0 Å². The summed E-state index contributed by atoms with van der Waals surface area (Å²) in [5.41, 5.74) is 0.780. The van der Waals surface area contributed by atoms with Gasteiger partial charge in [0.15, 0.2) is 0 Å².